The zero-order chi connectivity index (χ0) is 19.1. The highest BCUT2D eigenvalue weighted by atomic mass is 32.1. The molecule has 6 nitrogen and oxygen atoms in total. The Morgan fingerprint density at radius 3 is 2.54 bits per heavy atom. The van der Waals surface area contributed by atoms with Crippen molar-refractivity contribution < 1.29 is 19.4 Å². The van der Waals surface area contributed by atoms with Crippen molar-refractivity contribution in [2.45, 2.75) is 39.5 Å². The topological polar surface area (TPSA) is 88.5 Å². The molecule has 2 N–H and O–H groups in total. The van der Waals surface area contributed by atoms with E-state index in [4.69, 9.17) is 4.74 Å². The number of rotatable bonds is 9. The summed E-state index contributed by atoms with van der Waals surface area (Å²) in [6.07, 6.45) is 0.333. The number of carbonyl (C=O) groups is 2. The quantitative estimate of drug-likeness (QED) is 0.633. The molecule has 0 aliphatic heterocycles. The van der Waals surface area contributed by atoms with Crippen LogP contribution in [-0.4, -0.2) is 28.6 Å². The molecule has 26 heavy (non-hydrogen) atoms. The lowest BCUT2D eigenvalue weighted by molar-refractivity contribution is -0.153. The van der Waals surface area contributed by atoms with E-state index in [1.807, 2.05) is 43.5 Å². The Labute approximate surface area is 157 Å². The van der Waals surface area contributed by atoms with Gasteiger partial charge in [0.2, 0.25) is 0 Å². The molecule has 0 fully saturated rings. The van der Waals surface area contributed by atoms with Crippen LogP contribution in [-0.2, 0) is 14.3 Å². The minimum atomic E-state index is -1.02. The van der Waals surface area contributed by atoms with Gasteiger partial charge in [-0.3, -0.25) is 9.59 Å². The van der Waals surface area contributed by atoms with Crippen LogP contribution in [0.2, 0.25) is 0 Å². The summed E-state index contributed by atoms with van der Waals surface area (Å²) < 4.78 is 5.08. The smallest absolute Gasteiger partial charge is 0.310 e. The summed E-state index contributed by atoms with van der Waals surface area (Å²) in [7, 11) is 0. The molecule has 2 aromatic rings. The molecule has 2 atom stereocenters. The lowest BCUT2D eigenvalue weighted by Crippen LogP contribution is -2.27. The van der Waals surface area contributed by atoms with E-state index in [1.165, 1.54) is 16.9 Å². The van der Waals surface area contributed by atoms with Crippen molar-refractivity contribution in [1.29, 1.82) is 0 Å². The van der Waals surface area contributed by atoms with E-state index < -0.39 is 17.9 Å². The van der Waals surface area contributed by atoms with Crippen molar-refractivity contribution in [3.05, 3.63) is 40.9 Å². The Morgan fingerprint density at radius 2 is 1.96 bits per heavy atom. The van der Waals surface area contributed by atoms with Gasteiger partial charge in [-0.1, -0.05) is 24.6 Å². The number of esters is 1. The number of carboxylic acids is 1. The highest BCUT2D eigenvalue weighted by Gasteiger charge is 2.33. The van der Waals surface area contributed by atoms with Crippen LogP contribution >= 0.6 is 11.3 Å². The minimum absolute atomic E-state index is 0.225. The molecule has 2 unspecified atom stereocenters. The first-order valence-electron chi connectivity index (χ1n) is 8.62. The maximum absolute atomic E-state index is 12.3. The molecule has 2 rings (SSSR count). The van der Waals surface area contributed by atoms with E-state index in [-0.39, 0.29) is 18.9 Å². The molecule has 1 heterocycles. The van der Waals surface area contributed by atoms with Gasteiger partial charge in [-0.15, -0.1) is 11.3 Å². The second-order valence-electron chi connectivity index (χ2n) is 6.04. The summed E-state index contributed by atoms with van der Waals surface area (Å²) in [5.74, 6) is -2.54. The largest absolute Gasteiger partial charge is 0.481 e. The first kappa shape index (κ1) is 19.9. The average Bonchev–Trinajstić information content (AvgIpc) is 3.05. The van der Waals surface area contributed by atoms with E-state index in [2.05, 4.69) is 10.3 Å². The summed E-state index contributed by atoms with van der Waals surface area (Å²) in [6.45, 7) is 5.88. The normalized spacial score (nSPS) is 13.0. The molecule has 0 aliphatic rings. The number of nitrogens with zero attached hydrogens (tertiary/aromatic N) is 1. The Balaban J connectivity index is 2.19. The van der Waals surface area contributed by atoms with Crippen molar-refractivity contribution in [3.8, 4) is 0 Å². The highest BCUT2D eigenvalue weighted by molar-refractivity contribution is 7.13. The second-order valence-corrected chi connectivity index (χ2v) is 6.90. The van der Waals surface area contributed by atoms with Crippen LogP contribution in [0.3, 0.4) is 0 Å². The first-order valence-corrected chi connectivity index (χ1v) is 9.50. The first-order chi connectivity index (χ1) is 12.4. The molecule has 1 aromatic heterocycles. The zero-order valence-corrected chi connectivity index (χ0v) is 16.0. The van der Waals surface area contributed by atoms with E-state index in [0.717, 1.165) is 5.69 Å². The number of thiazole rings is 1. The Kier molecular flexibility index (Phi) is 7.15. The summed E-state index contributed by atoms with van der Waals surface area (Å²) in [5, 5.41) is 15.0. The third-order valence-electron chi connectivity index (χ3n) is 4.11. The van der Waals surface area contributed by atoms with Crippen LogP contribution in [0.15, 0.2) is 29.6 Å². The van der Waals surface area contributed by atoms with Crippen molar-refractivity contribution in [3.63, 3.8) is 0 Å². The standard InChI is InChI=1S/C19H24N2O4S/c1-4-14(15(10-17(22)23)18(24)25-5-2)16-11-26-19(21-16)20-13-8-6-12(3)7-9-13/h6-9,11,14-15H,4-5,10H2,1-3H3,(H,20,21)(H,22,23). The maximum atomic E-state index is 12.3. The van der Waals surface area contributed by atoms with Gasteiger partial charge in [0, 0.05) is 17.0 Å². The monoisotopic (exact) mass is 376 g/mol. The van der Waals surface area contributed by atoms with E-state index in [0.29, 0.717) is 17.2 Å². The third-order valence-corrected chi connectivity index (χ3v) is 4.89. The molecule has 0 spiro atoms. The maximum Gasteiger partial charge on any atom is 0.310 e. The number of carbonyl (C=O) groups excluding carboxylic acids is 1. The molecule has 0 aliphatic carbocycles. The SMILES string of the molecule is CCOC(=O)C(CC(=O)O)C(CC)c1csc(Nc2ccc(C)cc2)n1. The number of aliphatic carboxylic acids is 1. The predicted molar refractivity (Wildman–Crippen MR) is 102 cm³/mol. The highest BCUT2D eigenvalue weighted by Crippen LogP contribution is 2.34. The molecule has 0 amide bonds. The number of hydrogen-bond donors (Lipinski definition) is 2. The fourth-order valence-corrected chi connectivity index (χ4v) is 3.60. The molecule has 0 saturated heterocycles. The van der Waals surface area contributed by atoms with Crippen LogP contribution in [0.25, 0.3) is 0 Å². The summed E-state index contributed by atoms with van der Waals surface area (Å²) in [6, 6.07) is 7.96. The number of anilines is 2. The number of benzene rings is 1. The van der Waals surface area contributed by atoms with E-state index in [9.17, 15) is 14.7 Å². The van der Waals surface area contributed by atoms with E-state index in [1.54, 1.807) is 6.92 Å². The van der Waals surface area contributed by atoms with Crippen LogP contribution in [0.1, 0.15) is 43.9 Å². The van der Waals surface area contributed by atoms with Crippen molar-refractivity contribution in [2.75, 3.05) is 11.9 Å². The van der Waals surface area contributed by atoms with Gasteiger partial charge in [0.25, 0.3) is 0 Å². The Bertz CT molecular complexity index is 742. The number of nitrogens with one attached hydrogen (secondary N) is 1. The van der Waals surface area contributed by atoms with Gasteiger partial charge in [0.05, 0.1) is 24.6 Å². The Hall–Kier alpha value is -2.41. The van der Waals surface area contributed by atoms with Gasteiger partial charge in [-0.25, -0.2) is 4.98 Å². The number of ether oxygens (including phenoxy) is 1. The lowest BCUT2D eigenvalue weighted by atomic mass is 9.85. The van der Waals surface area contributed by atoms with Gasteiger partial charge in [-0.2, -0.15) is 0 Å². The molecule has 140 valence electrons. The van der Waals surface area contributed by atoms with Crippen molar-refractivity contribution in [2.24, 2.45) is 5.92 Å². The molecule has 0 radical (unpaired) electrons. The summed E-state index contributed by atoms with van der Waals surface area (Å²) >= 11 is 1.43. The fraction of sp³-hybridized carbons (Fsp3) is 0.421. The third kappa shape index (κ3) is 5.29. The zero-order valence-electron chi connectivity index (χ0n) is 15.2. The van der Waals surface area contributed by atoms with Gasteiger partial charge < -0.3 is 15.2 Å². The number of aromatic nitrogens is 1. The molecule has 7 heteroatoms. The fourth-order valence-electron chi connectivity index (χ4n) is 2.80. The predicted octanol–water partition coefficient (Wildman–Crippen LogP) is 4.34. The van der Waals surface area contributed by atoms with Crippen LogP contribution in [0, 0.1) is 12.8 Å². The summed E-state index contributed by atoms with van der Waals surface area (Å²) in [4.78, 5) is 28.0. The molecule has 0 saturated carbocycles. The number of carboxylic acid groups (broad SMARTS) is 1. The van der Waals surface area contributed by atoms with Crippen molar-refractivity contribution in [1.82, 2.24) is 4.98 Å². The van der Waals surface area contributed by atoms with Gasteiger partial charge in [-0.05, 0) is 32.4 Å². The van der Waals surface area contributed by atoms with Crippen molar-refractivity contribution >= 4 is 34.1 Å². The summed E-state index contributed by atoms with van der Waals surface area (Å²) in [5.41, 5.74) is 2.82. The second kappa shape index (κ2) is 9.33. The number of aryl methyl sites for hydroxylation is 1. The lowest BCUT2D eigenvalue weighted by Gasteiger charge is -2.21. The van der Waals surface area contributed by atoms with Crippen LogP contribution < -0.4 is 5.32 Å². The minimum Gasteiger partial charge on any atom is -0.481 e. The molecular weight excluding hydrogens is 352 g/mol. The average molecular weight is 376 g/mol. The van der Waals surface area contributed by atoms with E-state index >= 15 is 0 Å². The van der Waals surface area contributed by atoms with Gasteiger partial charge >= 0.3 is 11.9 Å². The Morgan fingerprint density at radius 1 is 1.27 bits per heavy atom. The van der Waals surface area contributed by atoms with Gasteiger partial charge in [0.1, 0.15) is 0 Å². The van der Waals surface area contributed by atoms with Crippen LogP contribution in [0.4, 0.5) is 10.8 Å². The molecule has 0 bridgehead atoms. The van der Waals surface area contributed by atoms with Crippen LogP contribution in [0.5, 0.6) is 0 Å². The number of hydrogen-bond acceptors (Lipinski definition) is 6. The van der Waals surface area contributed by atoms with Gasteiger partial charge in [0.15, 0.2) is 5.13 Å². The molecular formula is C19H24N2O4S. The molecule has 1 aromatic carbocycles.